The molecule has 140 valence electrons. The maximum absolute atomic E-state index is 13.0. The van der Waals surface area contributed by atoms with Crippen LogP contribution in [0.15, 0.2) is 53.5 Å². The minimum atomic E-state index is -0.245. The minimum Gasteiger partial charge on any atom is -0.355 e. The molecule has 26 heavy (non-hydrogen) atoms. The van der Waals surface area contributed by atoms with E-state index in [-0.39, 0.29) is 35.7 Å². The number of rotatable bonds is 5. The summed E-state index contributed by atoms with van der Waals surface area (Å²) in [6, 6.07) is 13.8. The van der Waals surface area contributed by atoms with Crippen LogP contribution in [0.5, 0.6) is 0 Å². The zero-order valence-corrected chi connectivity index (χ0v) is 17.5. The summed E-state index contributed by atoms with van der Waals surface area (Å²) in [5.74, 6) is 0.360. The molecule has 1 amide bonds. The standard InChI is InChI=1S/C19H23FN4O.HI/c1-21-18(25)16-6-4-5-15(11-16)12-23-19(22-2)24(3)13-14-7-9-17(20)10-8-14;/h4-11H,12-13H2,1-3H3,(H,21,25)(H,22,23);1H. The van der Waals surface area contributed by atoms with Crippen molar-refractivity contribution in [1.29, 1.82) is 0 Å². The fourth-order valence-electron chi connectivity index (χ4n) is 2.47. The van der Waals surface area contributed by atoms with Gasteiger partial charge in [-0.15, -0.1) is 24.0 Å². The van der Waals surface area contributed by atoms with Gasteiger partial charge in [-0.1, -0.05) is 24.3 Å². The van der Waals surface area contributed by atoms with Crippen molar-refractivity contribution >= 4 is 35.8 Å². The Morgan fingerprint density at radius 2 is 1.85 bits per heavy atom. The summed E-state index contributed by atoms with van der Waals surface area (Å²) in [5.41, 5.74) is 2.60. The summed E-state index contributed by atoms with van der Waals surface area (Å²) in [4.78, 5) is 17.9. The van der Waals surface area contributed by atoms with Gasteiger partial charge in [0, 0.05) is 39.8 Å². The molecule has 0 saturated heterocycles. The number of aliphatic imine (C=N–C) groups is 1. The Morgan fingerprint density at radius 3 is 2.46 bits per heavy atom. The highest BCUT2D eigenvalue weighted by molar-refractivity contribution is 14.0. The van der Waals surface area contributed by atoms with Crippen molar-refractivity contribution in [2.75, 3.05) is 21.1 Å². The van der Waals surface area contributed by atoms with Crippen LogP contribution < -0.4 is 10.6 Å². The first kappa shape index (κ1) is 21.9. The Hall–Kier alpha value is -2.16. The van der Waals surface area contributed by atoms with E-state index in [4.69, 9.17) is 0 Å². The first-order chi connectivity index (χ1) is 12.0. The summed E-state index contributed by atoms with van der Waals surface area (Å²) < 4.78 is 13.0. The molecule has 0 heterocycles. The molecular weight excluding hydrogens is 446 g/mol. The lowest BCUT2D eigenvalue weighted by Crippen LogP contribution is -2.38. The van der Waals surface area contributed by atoms with E-state index in [9.17, 15) is 9.18 Å². The molecule has 0 saturated carbocycles. The molecular formula is C19H24FIN4O. The molecule has 2 N–H and O–H groups in total. The highest BCUT2D eigenvalue weighted by Gasteiger charge is 2.08. The molecule has 5 nitrogen and oxygen atoms in total. The number of guanidine groups is 1. The molecule has 0 aliphatic heterocycles. The predicted octanol–water partition coefficient (Wildman–Crippen LogP) is 3.01. The van der Waals surface area contributed by atoms with Crippen LogP contribution in [-0.2, 0) is 13.1 Å². The Bertz CT molecular complexity index is 749. The molecule has 2 rings (SSSR count). The van der Waals surface area contributed by atoms with Gasteiger partial charge in [-0.05, 0) is 35.4 Å². The van der Waals surface area contributed by atoms with E-state index in [1.807, 2.05) is 30.1 Å². The van der Waals surface area contributed by atoms with Gasteiger partial charge in [0.1, 0.15) is 5.82 Å². The molecule has 2 aromatic carbocycles. The fraction of sp³-hybridized carbons (Fsp3) is 0.263. The van der Waals surface area contributed by atoms with E-state index in [0.29, 0.717) is 18.7 Å². The van der Waals surface area contributed by atoms with E-state index in [2.05, 4.69) is 15.6 Å². The largest absolute Gasteiger partial charge is 0.355 e. The summed E-state index contributed by atoms with van der Waals surface area (Å²) in [7, 11) is 5.24. The lowest BCUT2D eigenvalue weighted by atomic mass is 10.1. The Balaban J connectivity index is 0.00000338. The second-order valence-electron chi connectivity index (χ2n) is 5.66. The molecule has 0 radical (unpaired) electrons. The number of hydrogen-bond donors (Lipinski definition) is 2. The molecule has 0 bridgehead atoms. The molecule has 0 aliphatic rings. The number of nitrogens with one attached hydrogen (secondary N) is 2. The van der Waals surface area contributed by atoms with Crippen LogP contribution in [0.1, 0.15) is 21.5 Å². The van der Waals surface area contributed by atoms with Gasteiger partial charge in [-0.3, -0.25) is 9.79 Å². The monoisotopic (exact) mass is 470 g/mol. The third-order valence-corrected chi connectivity index (χ3v) is 3.77. The number of halogens is 2. The van der Waals surface area contributed by atoms with E-state index < -0.39 is 0 Å². The quantitative estimate of drug-likeness (QED) is 0.402. The van der Waals surface area contributed by atoms with Gasteiger partial charge in [-0.25, -0.2) is 4.39 Å². The third kappa shape index (κ3) is 6.29. The molecule has 7 heteroatoms. The average molecular weight is 470 g/mol. The molecule has 0 atom stereocenters. The van der Waals surface area contributed by atoms with Crippen molar-refractivity contribution in [2.45, 2.75) is 13.1 Å². The van der Waals surface area contributed by atoms with Crippen LogP contribution in [0.3, 0.4) is 0 Å². The van der Waals surface area contributed by atoms with Crippen LogP contribution in [0, 0.1) is 5.82 Å². The highest BCUT2D eigenvalue weighted by atomic mass is 127. The zero-order valence-electron chi connectivity index (χ0n) is 15.1. The molecule has 2 aromatic rings. The highest BCUT2D eigenvalue weighted by Crippen LogP contribution is 2.07. The number of carbonyl (C=O) groups is 1. The molecule has 0 aliphatic carbocycles. The van der Waals surface area contributed by atoms with Gasteiger partial charge >= 0.3 is 0 Å². The fourth-order valence-corrected chi connectivity index (χ4v) is 2.47. The molecule has 0 spiro atoms. The van der Waals surface area contributed by atoms with E-state index in [1.165, 1.54) is 12.1 Å². The van der Waals surface area contributed by atoms with Crippen molar-refractivity contribution in [3.63, 3.8) is 0 Å². The third-order valence-electron chi connectivity index (χ3n) is 3.77. The van der Waals surface area contributed by atoms with Crippen LogP contribution in [0.4, 0.5) is 4.39 Å². The predicted molar refractivity (Wildman–Crippen MR) is 113 cm³/mol. The molecule has 0 unspecified atom stereocenters. The Labute approximate surface area is 170 Å². The summed E-state index contributed by atoms with van der Waals surface area (Å²) in [5, 5.41) is 5.89. The zero-order chi connectivity index (χ0) is 18.2. The van der Waals surface area contributed by atoms with Gasteiger partial charge < -0.3 is 15.5 Å². The lowest BCUT2D eigenvalue weighted by Gasteiger charge is -2.22. The van der Waals surface area contributed by atoms with Crippen molar-refractivity contribution in [3.05, 3.63) is 71.0 Å². The average Bonchev–Trinajstić information content (AvgIpc) is 2.63. The van der Waals surface area contributed by atoms with E-state index in [1.54, 1.807) is 32.3 Å². The number of carbonyl (C=O) groups excluding carboxylic acids is 1. The number of hydrogen-bond acceptors (Lipinski definition) is 2. The van der Waals surface area contributed by atoms with E-state index >= 15 is 0 Å². The number of benzene rings is 2. The van der Waals surface area contributed by atoms with Crippen LogP contribution in [0.2, 0.25) is 0 Å². The minimum absolute atomic E-state index is 0. The summed E-state index contributed by atoms with van der Waals surface area (Å²) >= 11 is 0. The van der Waals surface area contributed by atoms with Crippen molar-refractivity contribution < 1.29 is 9.18 Å². The summed E-state index contributed by atoms with van der Waals surface area (Å²) in [6.07, 6.45) is 0. The lowest BCUT2D eigenvalue weighted by molar-refractivity contribution is 0.0963. The Morgan fingerprint density at radius 1 is 1.15 bits per heavy atom. The second-order valence-corrected chi connectivity index (χ2v) is 5.66. The van der Waals surface area contributed by atoms with Crippen LogP contribution in [0.25, 0.3) is 0 Å². The van der Waals surface area contributed by atoms with Crippen LogP contribution in [-0.4, -0.2) is 37.9 Å². The smallest absolute Gasteiger partial charge is 0.251 e. The number of nitrogens with zero attached hydrogens (tertiary/aromatic N) is 2. The van der Waals surface area contributed by atoms with Crippen LogP contribution >= 0.6 is 24.0 Å². The van der Waals surface area contributed by atoms with Crippen molar-refractivity contribution in [2.24, 2.45) is 4.99 Å². The van der Waals surface area contributed by atoms with Gasteiger partial charge in [0.2, 0.25) is 0 Å². The van der Waals surface area contributed by atoms with Crippen molar-refractivity contribution in [1.82, 2.24) is 15.5 Å². The van der Waals surface area contributed by atoms with E-state index in [0.717, 1.165) is 17.1 Å². The maximum Gasteiger partial charge on any atom is 0.251 e. The Kier molecular flexibility index (Phi) is 9.04. The normalized spacial score (nSPS) is 10.7. The topological polar surface area (TPSA) is 56.7 Å². The first-order valence-corrected chi connectivity index (χ1v) is 8.00. The van der Waals surface area contributed by atoms with Gasteiger partial charge in [0.25, 0.3) is 5.91 Å². The van der Waals surface area contributed by atoms with Gasteiger partial charge in [0.05, 0.1) is 0 Å². The molecule has 0 fully saturated rings. The SMILES string of the molecule is CN=C(NCc1cccc(C(=O)NC)c1)N(C)Cc1ccc(F)cc1.I. The van der Waals surface area contributed by atoms with Gasteiger partial charge in [-0.2, -0.15) is 0 Å². The summed E-state index contributed by atoms with van der Waals surface area (Å²) in [6.45, 7) is 1.16. The first-order valence-electron chi connectivity index (χ1n) is 8.00. The number of amides is 1. The van der Waals surface area contributed by atoms with Gasteiger partial charge in [0.15, 0.2) is 5.96 Å². The molecule has 0 aromatic heterocycles. The van der Waals surface area contributed by atoms with Crippen molar-refractivity contribution in [3.8, 4) is 0 Å². The maximum atomic E-state index is 13.0. The second kappa shape index (κ2) is 10.7.